The molecule has 0 unspecified atom stereocenters. The lowest BCUT2D eigenvalue weighted by atomic mass is 10.1. The lowest BCUT2D eigenvalue weighted by Gasteiger charge is -2.12. The Labute approximate surface area is 125 Å². The summed E-state index contributed by atoms with van der Waals surface area (Å²) in [5, 5.41) is 12.4. The molecule has 6 nitrogen and oxygen atoms in total. The topological polar surface area (TPSA) is 80.7 Å². The average molecular weight is 296 g/mol. The Kier molecular flexibility index (Phi) is 7.71. The van der Waals surface area contributed by atoms with Gasteiger partial charge in [0.1, 0.15) is 5.56 Å². The molecule has 0 radical (unpaired) electrons. The third-order valence-electron chi connectivity index (χ3n) is 3.00. The number of unbranched alkanes of at least 4 members (excludes halogenated alkanes) is 1. The van der Waals surface area contributed by atoms with Gasteiger partial charge < -0.3 is 19.9 Å². The Hall–Kier alpha value is -1.66. The number of carbonyl (C=O) groups is 1. The van der Waals surface area contributed by atoms with Gasteiger partial charge in [-0.3, -0.25) is 4.98 Å². The molecule has 1 aromatic heterocycles. The van der Waals surface area contributed by atoms with Crippen molar-refractivity contribution < 1.29 is 19.4 Å². The average Bonchev–Trinajstić information content (AvgIpc) is 2.40. The minimum atomic E-state index is -0.953. The van der Waals surface area contributed by atoms with Gasteiger partial charge in [0.05, 0.1) is 24.6 Å². The molecule has 0 aliphatic carbocycles. The van der Waals surface area contributed by atoms with Gasteiger partial charge in [0.25, 0.3) is 0 Å². The first-order valence-corrected chi connectivity index (χ1v) is 7.08. The van der Waals surface area contributed by atoms with Crippen LogP contribution in [0.15, 0.2) is 6.07 Å². The molecule has 0 aromatic carbocycles. The number of aromatic nitrogens is 1. The summed E-state index contributed by atoms with van der Waals surface area (Å²) in [4.78, 5) is 15.5. The van der Waals surface area contributed by atoms with Crippen LogP contribution in [0.2, 0.25) is 0 Å². The van der Waals surface area contributed by atoms with Crippen LogP contribution in [-0.4, -0.2) is 49.5 Å². The van der Waals surface area contributed by atoms with Crippen LogP contribution in [0, 0.1) is 13.8 Å². The van der Waals surface area contributed by atoms with E-state index in [1.54, 1.807) is 20.1 Å². The standard InChI is InChI=1S/C15H24N2O4/c1-11-10-13(14(15(18)19)12(2)17-11)16-6-4-5-7-21-9-8-20-3/h10H,4-9H2,1-3H3,(H,16,17)(H,18,19). The van der Waals surface area contributed by atoms with Crippen LogP contribution in [0.1, 0.15) is 34.6 Å². The van der Waals surface area contributed by atoms with Crippen LogP contribution < -0.4 is 5.32 Å². The molecule has 1 heterocycles. The molecule has 2 N–H and O–H groups in total. The summed E-state index contributed by atoms with van der Waals surface area (Å²) in [5.74, 6) is -0.953. The Bertz CT molecular complexity index is 463. The predicted molar refractivity (Wildman–Crippen MR) is 81.1 cm³/mol. The summed E-state index contributed by atoms with van der Waals surface area (Å²) < 4.78 is 10.3. The molecule has 1 rings (SSSR count). The Balaban J connectivity index is 2.40. The van der Waals surface area contributed by atoms with E-state index in [1.807, 2.05) is 6.92 Å². The fourth-order valence-corrected chi connectivity index (χ4v) is 2.03. The number of methoxy groups -OCH3 is 1. The summed E-state index contributed by atoms with van der Waals surface area (Å²) in [6.07, 6.45) is 1.83. The number of anilines is 1. The molecule has 0 bridgehead atoms. The van der Waals surface area contributed by atoms with E-state index in [2.05, 4.69) is 10.3 Å². The first-order valence-electron chi connectivity index (χ1n) is 7.08. The number of rotatable bonds is 10. The number of nitrogens with one attached hydrogen (secondary N) is 1. The van der Waals surface area contributed by atoms with Crippen molar-refractivity contribution >= 4 is 11.7 Å². The van der Waals surface area contributed by atoms with Gasteiger partial charge >= 0.3 is 5.97 Å². The fourth-order valence-electron chi connectivity index (χ4n) is 2.03. The summed E-state index contributed by atoms with van der Waals surface area (Å²) in [6, 6.07) is 1.77. The number of pyridine rings is 1. The lowest BCUT2D eigenvalue weighted by molar-refractivity contribution is 0.0690. The monoisotopic (exact) mass is 296 g/mol. The van der Waals surface area contributed by atoms with Gasteiger partial charge in [0.15, 0.2) is 0 Å². The second-order valence-corrected chi connectivity index (χ2v) is 4.82. The molecule has 0 aliphatic rings. The van der Waals surface area contributed by atoms with Crippen molar-refractivity contribution in [3.05, 3.63) is 23.0 Å². The molecular formula is C15H24N2O4. The zero-order valence-electron chi connectivity index (χ0n) is 12.9. The highest BCUT2D eigenvalue weighted by atomic mass is 16.5. The Morgan fingerprint density at radius 1 is 1.29 bits per heavy atom. The number of ether oxygens (including phenoxy) is 2. The van der Waals surface area contributed by atoms with Gasteiger partial charge in [-0.2, -0.15) is 0 Å². The van der Waals surface area contributed by atoms with Crippen LogP contribution in [0.4, 0.5) is 5.69 Å². The Morgan fingerprint density at radius 3 is 2.71 bits per heavy atom. The highest BCUT2D eigenvalue weighted by Crippen LogP contribution is 2.19. The van der Waals surface area contributed by atoms with E-state index >= 15 is 0 Å². The molecule has 0 atom stereocenters. The summed E-state index contributed by atoms with van der Waals surface area (Å²) in [7, 11) is 1.64. The molecule has 1 aromatic rings. The van der Waals surface area contributed by atoms with Crippen molar-refractivity contribution in [2.45, 2.75) is 26.7 Å². The molecule has 118 valence electrons. The largest absolute Gasteiger partial charge is 0.478 e. The zero-order valence-corrected chi connectivity index (χ0v) is 12.9. The quantitative estimate of drug-likeness (QED) is 0.645. The van der Waals surface area contributed by atoms with E-state index < -0.39 is 5.97 Å². The van der Waals surface area contributed by atoms with E-state index in [0.29, 0.717) is 37.7 Å². The predicted octanol–water partition coefficient (Wildman–Crippen LogP) is 2.25. The van der Waals surface area contributed by atoms with Crippen LogP contribution in [-0.2, 0) is 9.47 Å². The van der Waals surface area contributed by atoms with E-state index in [-0.39, 0.29) is 5.56 Å². The number of carboxylic acid groups (broad SMARTS) is 1. The second-order valence-electron chi connectivity index (χ2n) is 4.82. The van der Waals surface area contributed by atoms with E-state index in [0.717, 1.165) is 18.5 Å². The third-order valence-corrected chi connectivity index (χ3v) is 3.00. The van der Waals surface area contributed by atoms with Crippen LogP contribution in [0.5, 0.6) is 0 Å². The maximum absolute atomic E-state index is 11.3. The van der Waals surface area contributed by atoms with Gasteiger partial charge in [-0.05, 0) is 32.8 Å². The molecule has 0 saturated heterocycles. The number of hydrogen-bond acceptors (Lipinski definition) is 5. The summed E-state index contributed by atoms with van der Waals surface area (Å²) in [5.41, 5.74) is 2.22. The van der Waals surface area contributed by atoms with Crippen LogP contribution in [0.25, 0.3) is 0 Å². The molecule has 0 fully saturated rings. The van der Waals surface area contributed by atoms with E-state index in [9.17, 15) is 9.90 Å². The minimum absolute atomic E-state index is 0.247. The van der Waals surface area contributed by atoms with Crippen molar-refractivity contribution in [1.82, 2.24) is 4.98 Å². The van der Waals surface area contributed by atoms with Crippen molar-refractivity contribution in [2.75, 3.05) is 38.8 Å². The van der Waals surface area contributed by atoms with Gasteiger partial charge in [0.2, 0.25) is 0 Å². The van der Waals surface area contributed by atoms with Gasteiger partial charge in [-0.15, -0.1) is 0 Å². The molecule has 21 heavy (non-hydrogen) atoms. The molecule has 0 saturated carbocycles. The van der Waals surface area contributed by atoms with Crippen molar-refractivity contribution in [3.8, 4) is 0 Å². The van der Waals surface area contributed by atoms with Crippen molar-refractivity contribution in [2.24, 2.45) is 0 Å². The number of aromatic carboxylic acids is 1. The van der Waals surface area contributed by atoms with E-state index in [4.69, 9.17) is 9.47 Å². The number of carboxylic acids is 1. The smallest absolute Gasteiger partial charge is 0.339 e. The lowest BCUT2D eigenvalue weighted by Crippen LogP contribution is -2.12. The van der Waals surface area contributed by atoms with E-state index in [1.165, 1.54) is 0 Å². The number of hydrogen-bond donors (Lipinski definition) is 2. The first kappa shape index (κ1) is 17.4. The summed E-state index contributed by atoms with van der Waals surface area (Å²) >= 11 is 0. The fraction of sp³-hybridized carbons (Fsp3) is 0.600. The SMILES string of the molecule is COCCOCCCCNc1cc(C)nc(C)c1C(=O)O. The van der Waals surface area contributed by atoms with Crippen molar-refractivity contribution in [3.63, 3.8) is 0 Å². The second kappa shape index (κ2) is 9.31. The van der Waals surface area contributed by atoms with Crippen LogP contribution in [0.3, 0.4) is 0 Å². The molecule has 0 spiro atoms. The maximum atomic E-state index is 11.3. The number of aryl methyl sites for hydroxylation is 2. The van der Waals surface area contributed by atoms with Gasteiger partial charge in [-0.25, -0.2) is 4.79 Å². The van der Waals surface area contributed by atoms with Gasteiger partial charge in [-0.1, -0.05) is 0 Å². The minimum Gasteiger partial charge on any atom is -0.478 e. The first-order chi connectivity index (χ1) is 10.1. The Morgan fingerprint density at radius 2 is 2.05 bits per heavy atom. The summed E-state index contributed by atoms with van der Waals surface area (Å²) in [6.45, 7) is 6.17. The van der Waals surface area contributed by atoms with Crippen molar-refractivity contribution in [1.29, 1.82) is 0 Å². The highest BCUT2D eigenvalue weighted by molar-refractivity contribution is 5.95. The normalized spacial score (nSPS) is 10.6. The molecular weight excluding hydrogens is 272 g/mol. The highest BCUT2D eigenvalue weighted by Gasteiger charge is 2.14. The number of nitrogens with zero attached hydrogens (tertiary/aromatic N) is 1. The zero-order chi connectivity index (χ0) is 15.7. The maximum Gasteiger partial charge on any atom is 0.339 e. The molecule has 6 heteroatoms. The van der Waals surface area contributed by atoms with Crippen LogP contribution >= 0.6 is 0 Å². The van der Waals surface area contributed by atoms with Gasteiger partial charge in [0, 0.05) is 26.0 Å². The third kappa shape index (κ3) is 6.10. The molecule has 0 aliphatic heterocycles. The molecule has 0 amide bonds.